The Morgan fingerprint density at radius 3 is 2.25 bits per heavy atom. The molecular weight excluding hydrogens is 350 g/mol. The van der Waals surface area contributed by atoms with Gasteiger partial charge in [0.25, 0.3) is 0 Å². The molecule has 0 heterocycles. The molecule has 0 unspecified atom stereocenters. The predicted octanol–water partition coefficient (Wildman–Crippen LogP) is 3.60. The molecule has 88 valence electrons. The molecule has 0 bridgehead atoms. The minimum Gasteiger partial charge on any atom is -0.466 e. The van der Waals surface area contributed by atoms with Crippen molar-refractivity contribution in [1.29, 1.82) is 0 Å². The van der Waals surface area contributed by atoms with Crippen LogP contribution in [0.5, 0.6) is 0 Å². The van der Waals surface area contributed by atoms with E-state index in [1.165, 1.54) is 0 Å². The van der Waals surface area contributed by atoms with E-state index in [1.807, 2.05) is 0 Å². The third-order valence-electron chi connectivity index (χ3n) is 1.83. The van der Waals surface area contributed by atoms with Crippen molar-refractivity contribution >= 4 is 37.8 Å². The molecule has 0 saturated carbocycles. The Labute approximate surface area is 108 Å². The third-order valence-corrected chi connectivity index (χ3v) is 3.54. The molecule has 0 spiro atoms. The van der Waals surface area contributed by atoms with Crippen LogP contribution >= 0.6 is 31.9 Å². The standard InChI is InChI=1S/C10H8Br2F2O2/c1-2-16-8(15)3-5-9(11)6(13)4-7(14)10(5)12/h4H,2-3H2,1H3. The molecule has 0 aliphatic carbocycles. The zero-order valence-corrected chi connectivity index (χ0v) is 11.5. The zero-order valence-electron chi connectivity index (χ0n) is 8.32. The fraction of sp³-hybridized carbons (Fsp3) is 0.300. The molecule has 0 aliphatic rings. The second-order valence-electron chi connectivity index (χ2n) is 2.93. The molecule has 1 aromatic carbocycles. The van der Waals surface area contributed by atoms with E-state index in [-0.39, 0.29) is 27.5 Å². The lowest BCUT2D eigenvalue weighted by atomic mass is 10.1. The number of rotatable bonds is 3. The minimum absolute atomic E-state index is 0.0637. The van der Waals surface area contributed by atoms with Crippen molar-refractivity contribution in [2.24, 2.45) is 0 Å². The fourth-order valence-electron chi connectivity index (χ4n) is 1.13. The summed E-state index contributed by atoms with van der Waals surface area (Å²) < 4.78 is 31.2. The number of esters is 1. The van der Waals surface area contributed by atoms with Crippen LogP contribution in [0.1, 0.15) is 12.5 Å². The third kappa shape index (κ3) is 3.01. The van der Waals surface area contributed by atoms with Crippen molar-refractivity contribution in [3.8, 4) is 0 Å². The Balaban J connectivity index is 3.07. The SMILES string of the molecule is CCOC(=O)Cc1c(Br)c(F)cc(F)c1Br. The van der Waals surface area contributed by atoms with Crippen LogP contribution in [-0.2, 0) is 16.0 Å². The highest BCUT2D eigenvalue weighted by atomic mass is 79.9. The van der Waals surface area contributed by atoms with Gasteiger partial charge in [-0.15, -0.1) is 0 Å². The summed E-state index contributed by atoms with van der Waals surface area (Å²) in [6.45, 7) is 1.89. The Morgan fingerprint density at radius 1 is 1.31 bits per heavy atom. The largest absolute Gasteiger partial charge is 0.466 e. The van der Waals surface area contributed by atoms with E-state index in [4.69, 9.17) is 4.74 Å². The Bertz CT molecular complexity index is 396. The Kier molecular flexibility index (Phi) is 4.86. The van der Waals surface area contributed by atoms with Crippen LogP contribution in [0.2, 0.25) is 0 Å². The molecule has 0 fully saturated rings. The van der Waals surface area contributed by atoms with Gasteiger partial charge < -0.3 is 4.74 Å². The lowest BCUT2D eigenvalue weighted by Gasteiger charge is -2.08. The lowest BCUT2D eigenvalue weighted by molar-refractivity contribution is -0.142. The summed E-state index contributed by atoms with van der Waals surface area (Å²) in [4.78, 5) is 11.2. The number of hydrogen-bond acceptors (Lipinski definition) is 2. The fourth-order valence-corrected chi connectivity index (χ4v) is 2.31. The van der Waals surface area contributed by atoms with Crippen LogP contribution in [0.4, 0.5) is 8.78 Å². The first-order valence-corrected chi connectivity index (χ1v) is 6.03. The van der Waals surface area contributed by atoms with Crippen molar-refractivity contribution in [2.45, 2.75) is 13.3 Å². The molecule has 0 atom stereocenters. The molecule has 0 saturated heterocycles. The molecular formula is C10H8Br2F2O2. The van der Waals surface area contributed by atoms with Gasteiger partial charge in [-0.3, -0.25) is 4.79 Å². The normalized spacial score (nSPS) is 10.3. The second-order valence-corrected chi connectivity index (χ2v) is 4.51. The first-order valence-electron chi connectivity index (χ1n) is 4.44. The molecule has 1 aromatic rings. The average molecular weight is 358 g/mol. The van der Waals surface area contributed by atoms with E-state index in [9.17, 15) is 13.6 Å². The van der Waals surface area contributed by atoms with Gasteiger partial charge in [-0.2, -0.15) is 0 Å². The van der Waals surface area contributed by atoms with Crippen LogP contribution in [0.15, 0.2) is 15.0 Å². The quantitative estimate of drug-likeness (QED) is 0.610. The average Bonchev–Trinajstić information content (AvgIpc) is 2.22. The molecule has 0 aliphatic heterocycles. The predicted molar refractivity (Wildman–Crippen MR) is 62.1 cm³/mol. The minimum atomic E-state index is -0.750. The first kappa shape index (κ1) is 13.6. The summed E-state index contributed by atoms with van der Waals surface area (Å²) >= 11 is 5.93. The van der Waals surface area contributed by atoms with E-state index < -0.39 is 17.6 Å². The molecule has 6 heteroatoms. The first-order chi connectivity index (χ1) is 7.47. The molecule has 2 nitrogen and oxygen atoms in total. The summed E-state index contributed by atoms with van der Waals surface area (Å²) in [5, 5.41) is 0. The Hall–Kier alpha value is -0.490. The lowest BCUT2D eigenvalue weighted by Crippen LogP contribution is -2.09. The maximum absolute atomic E-state index is 13.2. The van der Waals surface area contributed by atoms with Gasteiger partial charge in [0, 0.05) is 6.07 Å². The van der Waals surface area contributed by atoms with Crippen molar-refractivity contribution in [3.05, 3.63) is 32.2 Å². The van der Waals surface area contributed by atoms with Gasteiger partial charge in [0.15, 0.2) is 0 Å². The van der Waals surface area contributed by atoms with Crippen LogP contribution in [0.3, 0.4) is 0 Å². The number of benzene rings is 1. The number of ether oxygens (including phenoxy) is 1. The van der Waals surface area contributed by atoms with Gasteiger partial charge in [0.1, 0.15) is 11.6 Å². The summed E-state index contributed by atoms with van der Waals surface area (Å²) in [5.74, 6) is -2.03. The van der Waals surface area contributed by atoms with Crippen molar-refractivity contribution in [3.63, 3.8) is 0 Å². The highest BCUT2D eigenvalue weighted by Crippen LogP contribution is 2.31. The van der Waals surface area contributed by atoms with Crippen LogP contribution in [0.25, 0.3) is 0 Å². The van der Waals surface area contributed by atoms with E-state index in [1.54, 1.807) is 6.92 Å². The van der Waals surface area contributed by atoms with Gasteiger partial charge in [-0.25, -0.2) is 8.78 Å². The zero-order chi connectivity index (χ0) is 12.3. The molecule has 0 amide bonds. The van der Waals surface area contributed by atoms with Gasteiger partial charge >= 0.3 is 5.97 Å². The molecule has 16 heavy (non-hydrogen) atoms. The number of hydrogen-bond donors (Lipinski definition) is 0. The van der Waals surface area contributed by atoms with Gasteiger partial charge in [0.2, 0.25) is 0 Å². The van der Waals surface area contributed by atoms with Crippen LogP contribution in [0, 0.1) is 11.6 Å². The number of carbonyl (C=O) groups is 1. The molecule has 0 radical (unpaired) electrons. The van der Waals surface area contributed by atoms with E-state index in [2.05, 4.69) is 31.9 Å². The van der Waals surface area contributed by atoms with Crippen molar-refractivity contribution in [1.82, 2.24) is 0 Å². The molecule has 1 rings (SSSR count). The topological polar surface area (TPSA) is 26.3 Å². The van der Waals surface area contributed by atoms with Gasteiger partial charge in [-0.1, -0.05) is 0 Å². The summed E-state index contributed by atoms with van der Waals surface area (Å²) in [6.07, 6.45) is -0.191. The van der Waals surface area contributed by atoms with Gasteiger partial charge in [0.05, 0.1) is 22.0 Å². The monoisotopic (exact) mass is 356 g/mol. The summed E-state index contributed by atoms with van der Waals surface area (Å²) in [7, 11) is 0. The highest BCUT2D eigenvalue weighted by molar-refractivity contribution is 9.11. The van der Waals surface area contributed by atoms with E-state index in [0.717, 1.165) is 6.07 Å². The number of carbonyl (C=O) groups excluding carboxylic acids is 1. The van der Waals surface area contributed by atoms with Crippen LogP contribution < -0.4 is 0 Å². The maximum Gasteiger partial charge on any atom is 0.310 e. The summed E-state index contributed by atoms with van der Waals surface area (Å²) in [5.41, 5.74) is 0.205. The van der Waals surface area contributed by atoms with Gasteiger partial charge in [-0.05, 0) is 44.3 Å². The van der Waals surface area contributed by atoms with E-state index in [0.29, 0.717) is 0 Å². The molecule has 0 N–H and O–H groups in total. The Morgan fingerprint density at radius 2 is 1.81 bits per heavy atom. The maximum atomic E-state index is 13.2. The number of halogens is 4. The highest BCUT2D eigenvalue weighted by Gasteiger charge is 2.18. The van der Waals surface area contributed by atoms with E-state index >= 15 is 0 Å². The van der Waals surface area contributed by atoms with Crippen molar-refractivity contribution in [2.75, 3.05) is 6.61 Å². The smallest absolute Gasteiger partial charge is 0.310 e. The van der Waals surface area contributed by atoms with Crippen LogP contribution in [-0.4, -0.2) is 12.6 Å². The summed E-state index contributed by atoms with van der Waals surface area (Å²) in [6, 6.07) is 0.739. The second kappa shape index (κ2) is 5.72. The van der Waals surface area contributed by atoms with Crippen molar-refractivity contribution < 1.29 is 18.3 Å². The molecule has 0 aromatic heterocycles.